The fourth-order valence-corrected chi connectivity index (χ4v) is 5.50. The van der Waals surface area contributed by atoms with Gasteiger partial charge in [0.05, 0.1) is 30.0 Å². The Bertz CT molecular complexity index is 1490. The fraction of sp³-hybridized carbons (Fsp3) is 0.200. The van der Waals surface area contributed by atoms with Crippen LogP contribution >= 0.6 is 15.9 Å². The van der Waals surface area contributed by atoms with Gasteiger partial charge in [-0.25, -0.2) is 4.79 Å². The zero-order valence-corrected chi connectivity index (χ0v) is 22.6. The quantitative estimate of drug-likeness (QED) is 0.368. The van der Waals surface area contributed by atoms with Crippen LogP contribution in [-0.2, 0) is 16.1 Å². The van der Waals surface area contributed by atoms with Crippen molar-refractivity contribution in [1.82, 2.24) is 5.32 Å². The van der Waals surface area contributed by atoms with Crippen molar-refractivity contribution in [2.75, 3.05) is 14.2 Å². The lowest BCUT2D eigenvalue weighted by atomic mass is 9.79. The topological polar surface area (TPSA) is 73.9 Å². The molecule has 3 aromatic carbocycles. The van der Waals surface area contributed by atoms with E-state index in [9.17, 15) is 9.59 Å². The Labute approximate surface area is 224 Å². The second kappa shape index (κ2) is 9.90. The summed E-state index contributed by atoms with van der Waals surface area (Å²) in [6.07, 6.45) is 0. The van der Waals surface area contributed by atoms with Gasteiger partial charge < -0.3 is 19.5 Å². The number of ketones is 1. The second-order valence-electron chi connectivity index (χ2n) is 9.06. The summed E-state index contributed by atoms with van der Waals surface area (Å²) in [4.78, 5) is 26.6. The van der Waals surface area contributed by atoms with E-state index in [4.69, 9.17) is 14.2 Å². The summed E-state index contributed by atoms with van der Waals surface area (Å²) in [5, 5.41) is 3.30. The predicted molar refractivity (Wildman–Crippen MR) is 144 cm³/mol. The maximum atomic E-state index is 13.6. The van der Waals surface area contributed by atoms with Crippen molar-refractivity contribution in [2.24, 2.45) is 0 Å². The second-order valence-corrected chi connectivity index (χ2v) is 9.91. The highest BCUT2D eigenvalue weighted by Crippen LogP contribution is 2.49. The first-order valence-corrected chi connectivity index (χ1v) is 12.6. The van der Waals surface area contributed by atoms with Crippen LogP contribution in [0.5, 0.6) is 11.5 Å². The zero-order valence-electron chi connectivity index (χ0n) is 21.0. The van der Waals surface area contributed by atoms with Crippen LogP contribution in [0.4, 0.5) is 0 Å². The Morgan fingerprint density at radius 3 is 2.38 bits per heavy atom. The number of fused-ring (bicyclic) bond motifs is 2. The maximum Gasteiger partial charge on any atom is 0.336 e. The summed E-state index contributed by atoms with van der Waals surface area (Å²) in [5.41, 5.74) is 6.57. The molecule has 0 amide bonds. The Morgan fingerprint density at radius 1 is 1.00 bits per heavy atom. The zero-order chi connectivity index (χ0) is 26.3. The number of allylic oxidation sites excluding steroid dienone is 2. The highest BCUT2D eigenvalue weighted by Gasteiger charge is 2.43. The van der Waals surface area contributed by atoms with Crippen LogP contribution < -0.4 is 14.8 Å². The van der Waals surface area contributed by atoms with Gasteiger partial charge in [0.1, 0.15) is 6.61 Å². The molecule has 3 aromatic rings. The van der Waals surface area contributed by atoms with Crippen LogP contribution in [0.3, 0.4) is 0 Å². The van der Waals surface area contributed by atoms with Crippen molar-refractivity contribution in [3.63, 3.8) is 0 Å². The molecule has 0 spiro atoms. The molecule has 0 saturated carbocycles. The summed E-state index contributed by atoms with van der Waals surface area (Å²) in [5.74, 6) is -0.245. The molecule has 6 nitrogen and oxygen atoms in total. The maximum absolute atomic E-state index is 13.6. The molecule has 0 saturated heterocycles. The Kier molecular flexibility index (Phi) is 6.65. The number of dihydropyridines is 1. The number of nitrogens with one attached hydrogen (secondary N) is 1. The highest BCUT2D eigenvalue weighted by molar-refractivity contribution is 9.10. The third-order valence-corrected chi connectivity index (χ3v) is 7.33. The number of benzene rings is 3. The number of ether oxygens (including phenoxy) is 3. The van der Waals surface area contributed by atoms with Crippen LogP contribution in [-0.4, -0.2) is 26.0 Å². The molecule has 0 radical (unpaired) electrons. The lowest BCUT2D eigenvalue weighted by Gasteiger charge is -2.29. The summed E-state index contributed by atoms with van der Waals surface area (Å²) < 4.78 is 17.6. The summed E-state index contributed by atoms with van der Waals surface area (Å²) in [6.45, 7) is 4.22. The van der Waals surface area contributed by atoms with Gasteiger partial charge in [0.15, 0.2) is 17.3 Å². The minimum atomic E-state index is -0.653. The number of Topliss-reactive ketones (excluding diaryl/α,β-unsaturated/α-hetero) is 1. The Morgan fingerprint density at radius 2 is 1.70 bits per heavy atom. The van der Waals surface area contributed by atoms with Crippen molar-refractivity contribution >= 4 is 33.4 Å². The number of hydrogen-bond acceptors (Lipinski definition) is 6. The lowest BCUT2D eigenvalue weighted by molar-refractivity contribution is -0.136. The van der Waals surface area contributed by atoms with E-state index in [1.807, 2.05) is 68.4 Å². The third-order valence-electron chi connectivity index (χ3n) is 6.74. The van der Waals surface area contributed by atoms with Gasteiger partial charge in [0, 0.05) is 28.3 Å². The number of hydrogen-bond donors (Lipinski definition) is 1. The molecule has 5 rings (SSSR count). The molecule has 188 valence electrons. The molecule has 0 fully saturated rings. The average molecular weight is 560 g/mol. The van der Waals surface area contributed by atoms with Gasteiger partial charge in [-0.05, 0) is 53.0 Å². The van der Waals surface area contributed by atoms with Crippen LogP contribution in [0, 0.1) is 6.92 Å². The largest absolute Gasteiger partial charge is 0.493 e. The number of carbonyl (C=O) groups excluding carboxylic acids is 2. The minimum Gasteiger partial charge on any atom is -0.493 e. The number of halogens is 1. The number of methoxy groups -OCH3 is 2. The van der Waals surface area contributed by atoms with E-state index in [1.165, 1.54) is 12.7 Å². The molecule has 1 heterocycles. The smallest absolute Gasteiger partial charge is 0.336 e. The summed E-state index contributed by atoms with van der Waals surface area (Å²) in [6, 6.07) is 19.3. The normalized spacial score (nSPS) is 16.2. The van der Waals surface area contributed by atoms with Crippen molar-refractivity contribution in [3.8, 4) is 11.5 Å². The Hall–Kier alpha value is -3.84. The van der Waals surface area contributed by atoms with Crippen LogP contribution in [0.25, 0.3) is 5.70 Å². The van der Waals surface area contributed by atoms with Gasteiger partial charge in [0.2, 0.25) is 0 Å². The minimum absolute atomic E-state index is 0.119. The van der Waals surface area contributed by atoms with Gasteiger partial charge in [-0.3, -0.25) is 4.79 Å². The number of aryl methyl sites for hydroxylation is 1. The van der Waals surface area contributed by atoms with Gasteiger partial charge in [-0.15, -0.1) is 0 Å². The van der Waals surface area contributed by atoms with E-state index < -0.39 is 11.9 Å². The molecule has 37 heavy (non-hydrogen) atoms. The van der Waals surface area contributed by atoms with E-state index in [1.54, 1.807) is 13.2 Å². The number of esters is 1. The monoisotopic (exact) mass is 559 g/mol. The molecule has 1 aliphatic heterocycles. The average Bonchev–Trinajstić information content (AvgIpc) is 3.18. The lowest BCUT2D eigenvalue weighted by Crippen LogP contribution is -2.29. The van der Waals surface area contributed by atoms with Gasteiger partial charge in [-0.1, -0.05) is 54.1 Å². The van der Waals surface area contributed by atoms with Gasteiger partial charge in [0.25, 0.3) is 0 Å². The molecular formula is C30H26BrNO5. The molecule has 1 N–H and O–H groups in total. The molecule has 0 aromatic heterocycles. The number of carbonyl (C=O) groups is 2. The van der Waals surface area contributed by atoms with Crippen molar-refractivity contribution in [1.29, 1.82) is 0 Å². The van der Waals surface area contributed by atoms with Crippen LogP contribution in [0.2, 0.25) is 0 Å². The SMILES string of the molecule is COC(=O)C1=C(C)NC2=C(C(=O)c3ccccc32)[C@H]1c1cc(Br)c(OCc2ccc(C)cc2)c(OC)c1. The molecule has 0 bridgehead atoms. The van der Waals surface area contributed by atoms with Gasteiger partial charge in [-0.2, -0.15) is 0 Å². The first kappa shape index (κ1) is 24.8. The molecular weight excluding hydrogens is 534 g/mol. The molecule has 1 atom stereocenters. The summed E-state index contributed by atoms with van der Waals surface area (Å²) in [7, 11) is 2.91. The van der Waals surface area contributed by atoms with E-state index in [2.05, 4.69) is 21.2 Å². The Balaban J connectivity index is 1.60. The van der Waals surface area contributed by atoms with E-state index >= 15 is 0 Å². The summed E-state index contributed by atoms with van der Waals surface area (Å²) >= 11 is 3.64. The van der Waals surface area contributed by atoms with Crippen molar-refractivity contribution < 1.29 is 23.8 Å². The van der Waals surface area contributed by atoms with E-state index in [0.717, 1.165) is 11.1 Å². The number of rotatable bonds is 6. The van der Waals surface area contributed by atoms with Crippen LogP contribution in [0.1, 0.15) is 45.5 Å². The molecule has 1 aliphatic carbocycles. The fourth-order valence-electron chi connectivity index (χ4n) is 4.93. The highest BCUT2D eigenvalue weighted by atomic mass is 79.9. The predicted octanol–water partition coefficient (Wildman–Crippen LogP) is 6.09. The van der Waals surface area contributed by atoms with Crippen LogP contribution in [0.15, 0.2) is 82.0 Å². The van der Waals surface area contributed by atoms with Gasteiger partial charge >= 0.3 is 5.97 Å². The third kappa shape index (κ3) is 4.33. The first-order valence-electron chi connectivity index (χ1n) is 11.8. The molecule has 0 unspecified atom stereocenters. The van der Waals surface area contributed by atoms with E-state index in [0.29, 0.717) is 56.2 Å². The van der Waals surface area contributed by atoms with Crippen molar-refractivity contribution in [2.45, 2.75) is 26.4 Å². The van der Waals surface area contributed by atoms with E-state index in [-0.39, 0.29) is 5.78 Å². The molecule has 7 heteroatoms. The van der Waals surface area contributed by atoms with Crippen molar-refractivity contribution in [3.05, 3.63) is 110 Å². The standard InChI is InChI=1S/C30H26BrNO5/c1-16-9-11-18(12-10-16)15-37-29-22(31)13-19(14-23(29)35-3)25-24(30(34)36-4)17(2)32-27-20-7-5-6-8-21(20)28(33)26(25)27/h5-14,25,32H,15H2,1-4H3/t25-/m0/s1. The molecule has 2 aliphatic rings. The first-order chi connectivity index (χ1) is 17.8.